The first-order chi connectivity index (χ1) is 10.9. The molecule has 23 heavy (non-hydrogen) atoms. The molecule has 1 saturated heterocycles. The van der Waals surface area contributed by atoms with Gasteiger partial charge in [0.1, 0.15) is 12.6 Å². The molecule has 2 rings (SSSR count). The minimum absolute atomic E-state index is 0.235. The molecule has 1 aliphatic rings. The molecule has 2 heterocycles. The number of rotatable bonds is 5. The van der Waals surface area contributed by atoms with Gasteiger partial charge in [-0.25, -0.2) is 0 Å². The Kier molecular flexibility index (Phi) is 5.54. The lowest BCUT2D eigenvalue weighted by molar-refractivity contribution is -0.155. The van der Waals surface area contributed by atoms with Crippen LogP contribution in [0.15, 0.2) is 10.2 Å². The SMILES string of the molecule is Cc1csc(=O)n1CC(=O)OCC(=O)N1CCCC[C@H]1C(N)=O. The molecule has 0 bridgehead atoms. The summed E-state index contributed by atoms with van der Waals surface area (Å²) in [6.45, 7) is 1.44. The number of aromatic nitrogens is 1. The smallest absolute Gasteiger partial charge is 0.326 e. The highest BCUT2D eigenvalue weighted by molar-refractivity contribution is 7.07. The van der Waals surface area contributed by atoms with Crippen LogP contribution in [0, 0.1) is 6.92 Å². The van der Waals surface area contributed by atoms with Gasteiger partial charge in [-0.05, 0) is 26.2 Å². The number of amides is 2. The monoisotopic (exact) mass is 341 g/mol. The fourth-order valence-electron chi connectivity index (χ4n) is 2.52. The van der Waals surface area contributed by atoms with E-state index in [1.54, 1.807) is 12.3 Å². The predicted molar refractivity (Wildman–Crippen MR) is 82.8 cm³/mol. The summed E-state index contributed by atoms with van der Waals surface area (Å²) >= 11 is 0.997. The maximum absolute atomic E-state index is 12.1. The molecule has 8 nitrogen and oxygen atoms in total. The van der Waals surface area contributed by atoms with E-state index in [0.29, 0.717) is 18.7 Å². The summed E-state index contributed by atoms with van der Waals surface area (Å²) in [5.41, 5.74) is 5.96. The third kappa shape index (κ3) is 4.19. The van der Waals surface area contributed by atoms with E-state index in [2.05, 4.69) is 0 Å². The number of hydrogen-bond donors (Lipinski definition) is 1. The second-order valence-corrected chi connectivity index (χ2v) is 6.21. The van der Waals surface area contributed by atoms with E-state index in [-0.39, 0.29) is 11.4 Å². The van der Waals surface area contributed by atoms with Gasteiger partial charge in [0.05, 0.1) is 0 Å². The molecule has 2 N–H and O–H groups in total. The molecule has 0 aromatic carbocycles. The number of ether oxygens (including phenoxy) is 1. The molecular formula is C14H19N3O5S. The van der Waals surface area contributed by atoms with Gasteiger partial charge in [-0.2, -0.15) is 0 Å². The minimum Gasteiger partial charge on any atom is -0.454 e. The maximum Gasteiger partial charge on any atom is 0.326 e. The van der Waals surface area contributed by atoms with E-state index < -0.39 is 30.4 Å². The lowest BCUT2D eigenvalue weighted by Crippen LogP contribution is -2.51. The average molecular weight is 341 g/mol. The molecule has 0 spiro atoms. The Hall–Kier alpha value is -2.16. The summed E-state index contributed by atoms with van der Waals surface area (Å²) in [4.78, 5) is 47.9. The zero-order valence-corrected chi connectivity index (χ0v) is 13.6. The summed E-state index contributed by atoms with van der Waals surface area (Å²) in [6, 6.07) is -0.642. The van der Waals surface area contributed by atoms with Crippen molar-refractivity contribution in [3.8, 4) is 0 Å². The van der Waals surface area contributed by atoms with Crippen molar-refractivity contribution in [1.29, 1.82) is 0 Å². The molecule has 0 radical (unpaired) electrons. The van der Waals surface area contributed by atoms with Crippen LogP contribution in [0.5, 0.6) is 0 Å². The number of primary amides is 1. The second-order valence-electron chi connectivity index (χ2n) is 5.39. The molecule has 1 aromatic rings. The van der Waals surface area contributed by atoms with Crippen LogP contribution >= 0.6 is 11.3 Å². The number of carbonyl (C=O) groups excluding carboxylic acids is 3. The summed E-state index contributed by atoms with van der Waals surface area (Å²) in [5, 5.41) is 1.64. The van der Waals surface area contributed by atoms with Gasteiger partial charge in [0.25, 0.3) is 5.91 Å². The van der Waals surface area contributed by atoms with Gasteiger partial charge in [0, 0.05) is 17.6 Å². The zero-order valence-electron chi connectivity index (χ0n) is 12.8. The summed E-state index contributed by atoms with van der Waals surface area (Å²) in [5.74, 6) is -1.67. The van der Waals surface area contributed by atoms with Crippen LogP contribution in [-0.2, 0) is 25.7 Å². The van der Waals surface area contributed by atoms with Crippen molar-refractivity contribution in [2.24, 2.45) is 5.73 Å². The Morgan fingerprint density at radius 2 is 2.13 bits per heavy atom. The maximum atomic E-state index is 12.1. The first-order valence-corrected chi connectivity index (χ1v) is 8.17. The lowest BCUT2D eigenvalue weighted by Gasteiger charge is -2.33. The number of likely N-dealkylation sites (tertiary alicyclic amines) is 1. The van der Waals surface area contributed by atoms with Gasteiger partial charge in [-0.15, -0.1) is 0 Å². The predicted octanol–water partition coefficient (Wildman–Crippen LogP) is -0.372. The Morgan fingerprint density at radius 1 is 1.39 bits per heavy atom. The summed E-state index contributed by atoms with van der Waals surface area (Å²) in [7, 11) is 0. The second kappa shape index (κ2) is 7.40. The van der Waals surface area contributed by atoms with Crippen molar-refractivity contribution in [3.63, 3.8) is 0 Å². The van der Waals surface area contributed by atoms with Crippen molar-refractivity contribution in [3.05, 3.63) is 20.7 Å². The largest absolute Gasteiger partial charge is 0.454 e. The van der Waals surface area contributed by atoms with Crippen LogP contribution < -0.4 is 10.6 Å². The molecule has 0 aliphatic carbocycles. The quantitative estimate of drug-likeness (QED) is 0.734. The Morgan fingerprint density at radius 3 is 2.74 bits per heavy atom. The number of piperidine rings is 1. The third-order valence-corrected chi connectivity index (χ3v) is 4.65. The molecule has 0 unspecified atom stereocenters. The highest BCUT2D eigenvalue weighted by Crippen LogP contribution is 2.16. The van der Waals surface area contributed by atoms with Crippen molar-refractivity contribution in [1.82, 2.24) is 9.47 Å². The normalized spacial score (nSPS) is 17.8. The Bertz CT molecular complexity index is 666. The molecule has 1 fully saturated rings. The van der Waals surface area contributed by atoms with Crippen molar-refractivity contribution in [2.45, 2.75) is 38.8 Å². The van der Waals surface area contributed by atoms with Gasteiger partial charge < -0.3 is 15.4 Å². The third-order valence-electron chi connectivity index (χ3n) is 3.77. The van der Waals surface area contributed by atoms with Gasteiger partial charge >= 0.3 is 10.8 Å². The van der Waals surface area contributed by atoms with Crippen LogP contribution in [0.1, 0.15) is 25.0 Å². The van der Waals surface area contributed by atoms with E-state index in [1.807, 2.05) is 0 Å². The number of esters is 1. The van der Waals surface area contributed by atoms with E-state index in [1.165, 1.54) is 9.47 Å². The topological polar surface area (TPSA) is 112 Å². The summed E-state index contributed by atoms with van der Waals surface area (Å²) < 4.78 is 6.21. The number of hydrogen-bond acceptors (Lipinski definition) is 6. The van der Waals surface area contributed by atoms with Crippen molar-refractivity contribution < 1.29 is 19.1 Å². The highest BCUT2D eigenvalue weighted by Gasteiger charge is 2.30. The molecule has 126 valence electrons. The van der Waals surface area contributed by atoms with Gasteiger partial charge in [0.2, 0.25) is 5.91 Å². The van der Waals surface area contributed by atoms with E-state index >= 15 is 0 Å². The molecule has 2 amide bonds. The lowest BCUT2D eigenvalue weighted by atomic mass is 10.0. The van der Waals surface area contributed by atoms with E-state index in [4.69, 9.17) is 10.5 Å². The minimum atomic E-state index is -0.672. The van der Waals surface area contributed by atoms with Crippen LogP contribution in [0.2, 0.25) is 0 Å². The summed E-state index contributed by atoms with van der Waals surface area (Å²) in [6.07, 6.45) is 2.14. The number of carbonyl (C=O) groups is 3. The van der Waals surface area contributed by atoms with E-state index in [9.17, 15) is 19.2 Å². The first-order valence-electron chi connectivity index (χ1n) is 7.29. The number of nitrogens with zero attached hydrogens (tertiary/aromatic N) is 2. The first kappa shape index (κ1) is 17.2. The Balaban J connectivity index is 1.89. The zero-order chi connectivity index (χ0) is 17.0. The van der Waals surface area contributed by atoms with E-state index in [0.717, 1.165) is 24.2 Å². The Labute approximate surface area is 136 Å². The fraction of sp³-hybridized carbons (Fsp3) is 0.571. The van der Waals surface area contributed by atoms with Gasteiger partial charge in [-0.3, -0.25) is 23.7 Å². The number of nitrogens with two attached hydrogens (primary N) is 1. The fourth-order valence-corrected chi connectivity index (χ4v) is 3.26. The van der Waals surface area contributed by atoms with Crippen LogP contribution in [0.4, 0.5) is 0 Å². The molecule has 1 aliphatic heterocycles. The molecule has 0 saturated carbocycles. The van der Waals surface area contributed by atoms with Crippen LogP contribution in [-0.4, -0.2) is 46.4 Å². The van der Waals surface area contributed by atoms with Gasteiger partial charge in [-0.1, -0.05) is 11.3 Å². The van der Waals surface area contributed by atoms with Crippen LogP contribution in [0.3, 0.4) is 0 Å². The van der Waals surface area contributed by atoms with Gasteiger partial charge in [0.15, 0.2) is 6.61 Å². The number of aryl methyl sites for hydroxylation is 1. The molecule has 1 aromatic heterocycles. The van der Waals surface area contributed by atoms with Crippen molar-refractivity contribution >= 4 is 29.1 Å². The highest BCUT2D eigenvalue weighted by atomic mass is 32.1. The molecular weight excluding hydrogens is 322 g/mol. The molecule has 9 heteroatoms. The standard InChI is InChI=1S/C14H19N3O5S/c1-9-8-23-14(21)17(9)6-12(19)22-7-11(18)16-5-3-2-4-10(16)13(15)20/h8,10H,2-7H2,1H3,(H2,15,20)/t10-/m0/s1. The van der Waals surface area contributed by atoms with Crippen LogP contribution in [0.25, 0.3) is 0 Å². The van der Waals surface area contributed by atoms with Crippen molar-refractivity contribution in [2.75, 3.05) is 13.2 Å². The average Bonchev–Trinajstić information content (AvgIpc) is 2.84. The number of thiazole rings is 1. The molecule has 1 atom stereocenters.